The van der Waals surface area contributed by atoms with Crippen LogP contribution in [0.15, 0.2) is 30.6 Å². The van der Waals surface area contributed by atoms with E-state index in [0.29, 0.717) is 11.9 Å². The molecule has 0 unspecified atom stereocenters. The fourth-order valence-electron chi connectivity index (χ4n) is 2.30. The van der Waals surface area contributed by atoms with Crippen LogP contribution in [0.2, 0.25) is 0 Å². The summed E-state index contributed by atoms with van der Waals surface area (Å²) < 4.78 is 5.84. The van der Waals surface area contributed by atoms with Gasteiger partial charge in [0.2, 0.25) is 0 Å². The van der Waals surface area contributed by atoms with E-state index in [4.69, 9.17) is 10.5 Å². The lowest BCUT2D eigenvalue weighted by atomic mass is 9.97. The van der Waals surface area contributed by atoms with E-state index in [1.54, 1.807) is 0 Å². The highest BCUT2D eigenvalue weighted by molar-refractivity contribution is 5.69. The quantitative estimate of drug-likeness (QED) is 0.924. The Labute approximate surface area is 119 Å². The molecule has 0 saturated heterocycles. The Kier molecular flexibility index (Phi) is 3.30. The van der Waals surface area contributed by atoms with Crippen molar-refractivity contribution in [2.75, 3.05) is 5.73 Å². The van der Waals surface area contributed by atoms with Gasteiger partial charge in [0.05, 0.1) is 11.8 Å². The van der Waals surface area contributed by atoms with Crippen molar-refractivity contribution < 1.29 is 4.74 Å². The first-order valence-electron chi connectivity index (χ1n) is 7.02. The second kappa shape index (κ2) is 5.12. The Bertz CT molecular complexity index is 621. The number of ether oxygens (including phenoxy) is 1. The molecule has 0 aliphatic heterocycles. The van der Waals surface area contributed by atoms with Crippen LogP contribution < -0.4 is 10.5 Å². The summed E-state index contributed by atoms with van der Waals surface area (Å²) in [4.78, 5) is 8.52. The smallest absolute Gasteiger partial charge is 0.130 e. The van der Waals surface area contributed by atoms with Crippen LogP contribution in [0.1, 0.15) is 38.2 Å². The van der Waals surface area contributed by atoms with Crippen molar-refractivity contribution in [3.63, 3.8) is 0 Å². The summed E-state index contributed by atoms with van der Waals surface area (Å²) in [6, 6.07) is 8.05. The average Bonchev–Trinajstić information content (AvgIpc) is 3.22. The highest BCUT2D eigenvalue weighted by Gasteiger charge is 2.23. The second-order valence-corrected chi connectivity index (χ2v) is 5.52. The third-order valence-electron chi connectivity index (χ3n) is 3.43. The van der Waals surface area contributed by atoms with Gasteiger partial charge < -0.3 is 10.5 Å². The minimum atomic E-state index is 0.277. The minimum Gasteiger partial charge on any atom is -0.490 e. The topological polar surface area (TPSA) is 61.0 Å². The number of nitrogens with two attached hydrogens (primary N) is 1. The lowest BCUT2D eigenvalue weighted by Gasteiger charge is -2.14. The number of hydrogen-bond donors (Lipinski definition) is 1. The van der Waals surface area contributed by atoms with Crippen LogP contribution in [-0.4, -0.2) is 16.1 Å². The zero-order valence-corrected chi connectivity index (χ0v) is 11.8. The van der Waals surface area contributed by atoms with Crippen LogP contribution in [0, 0.1) is 0 Å². The summed E-state index contributed by atoms with van der Waals surface area (Å²) in [6.07, 6.45) is 4.22. The first-order chi connectivity index (χ1) is 9.65. The summed E-state index contributed by atoms with van der Waals surface area (Å²) in [6.45, 7) is 4.20. The molecule has 3 rings (SSSR count). The average molecular weight is 269 g/mol. The molecule has 1 fully saturated rings. The van der Waals surface area contributed by atoms with E-state index in [9.17, 15) is 0 Å². The molecule has 0 spiro atoms. The maximum Gasteiger partial charge on any atom is 0.130 e. The zero-order chi connectivity index (χ0) is 14.1. The maximum absolute atomic E-state index is 6.01. The molecule has 0 atom stereocenters. The monoisotopic (exact) mass is 269 g/mol. The molecule has 0 radical (unpaired) electrons. The molecule has 0 bridgehead atoms. The van der Waals surface area contributed by atoms with Gasteiger partial charge in [-0.3, -0.25) is 0 Å². The molecular weight excluding hydrogens is 250 g/mol. The molecule has 2 N–H and O–H groups in total. The molecular formula is C16H19N3O. The molecule has 4 nitrogen and oxygen atoms in total. The van der Waals surface area contributed by atoms with E-state index in [0.717, 1.165) is 35.4 Å². The van der Waals surface area contributed by atoms with Crippen molar-refractivity contribution in [3.05, 3.63) is 36.2 Å². The lowest BCUT2D eigenvalue weighted by Crippen LogP contribution is -2.04. The Hall–Kier alpha value is -2.10. The van der Waals surface area contributed by atoms with Crippen molar-refractivity contribution >= 4 is 5.82 Å². The van der Waals surface area contributed by atoms with E-state index in [-0.39, 0.29) is 5.92 Å². The Morgan fingerprint density at radius 1 is 1.25 bits per heavy atom. The SMILES string of the molecule is CC(C)c1c(N)ncnc1-c1cccc(OC2CC2)c1. The highest BCUT2D eigenvalue weighted by Crippen LogP contribution is 2.33. The van der Waals surface area contributed by atoms with Gasteiger partial charge in [0.1, 0.15) is 17.9 Å². The van der Waals surface area contributed by atoms with Crippen molar-refractivity contribution in [3.8, 4) is 17.0 Å². The maximum atomic E-state index is 6.01. The summed E-state index contributed by atoms with van der Waals surface area (Å²) >= 11 is 0. The summed E-state index contributed by atoms with van der Waals surface area (Å²) in [5.41, 5.74) is 8.93. The molecule has 1 aliphatic rings. The number of nitrogen functional groups attached to an aromatic ring is 1. The molecule has 104 valence electrons. The first kappa shape index (κ1) is 12.9. The second-order valence-electron chi connectivity index (χ2n) is 5.52. The number of anilines is 1. The van der Waals surface area contributed by atoms with E-state index < -0.39 is 0 Å². The predicted octanol–water partition coefficient (Wildman–Crippen LogP) is 3.39. The van der Waals surface area contributed by atoms with Gasteiger partial charge in [0.25, 0.3) is 0 Å². The van der Waals surface area contributed by atoms with Crippen molar-refractivity contribution in [2.45, 2.75) is 38.7 Å². The van der Waals surface area contributed by atoms with Crippen LogP contribution in [0.5, 0.6) is 5.75 Å². The largest absolute Gasteiger partial charge is 0.490 e. The van der Waals surface area contributed by atoms with Crippen LogP contribution in [0.25, 0.3) is 11.3 Å². The molecule has 4 heteroatoms. The third-order valence-corrected chi connectivity index (χ3v) is 3.43. The fourth-order valence-corrected chi connectivity index (χ4v) is 2.30. The standard InChI is InChI=1S/C16H19N3O/c1-10(2)14-15(18-9-19-16(14)17)11-4-3-5-13(8-11)20-12-6-7-12/h3-5,8-10,12H,6-7H2,1-2H3,(H2,17,18,19). The van der Waals surface area contributed by atoms with Crippen LogP contribution >= 0.6 is 0 Å². The van der Waals surface area contributed by atoms with Gasteiger partial charge in [0.15, 0.2) is 0 Å². The molecule has 1 aromatic heterocycles. The summed E-state index contributed by atoms with van der Waals surface area (Å²) in [7, 11) is 0. The zero-order valence-electron chi connectivity index (χ0n) is 11.8. The van der Waals surface area contributed by atoms with Crippen molar-refractivity contribution in [2.24, 2.45) is 0 Å². The molecule has 20 heavy (non-hydrogen) atoms. The van der Waals surface area contributed by atoms with Crippen LogP contribution in [0.4, 0.5) is 5.82 Å². The van der Waals surface area contributed by atoms with Gasteiger partial charge in [-0.1, -0.05) is 26.0 Å². The van der Waals surface area contributed by atoms with E-state index in [1.165, 1.54) is 6.33 Å². The van der Waals surface area contributed by atoms with Gasteiger partial charge >= 0.3 is 0 Å². The molecule has 0 amide bonds. The number of benzene rings is 1. The number of nitrogens with zero attached hydrogens (tertiary/aromatic N) is 2. The first-order valence-corrected chi connectivity index (χ1v) is 7.02. The lowest BCUT2D eigenvalue weighted by molar-refractivity contribution is 0.303. The van der Waals surface area contributed by atoms with Crippen molar-refractivity contribution in [1.82, 2.24) is 9.97 Å². The molecule has 1 aliphatic carbocycles. The molecule has 2 aromatic rings. The van der Waals surface area contributed by atoms with E-state index in [2.05, 4.69) is 23.8 Å². The van der Waals surface area contributed by atoms with Crippen molar-refractivity contribution in [1.29, 1.82) is 0 Å². The van der Waals surface area contributed by atoms with Gasteiger partial charge in [-0.2, -0.15) is 0 Å². The van der Waals surface area contributed by atoms with Crippen LogP contribution in [-0.2, 0) is 0 Å². The Morgan fingerprint density at radius 2 is 2.05 bits per heavy atom. The minimum absolute atomic E-state index is 0.277. The predicted molar refractivity (Wildman–Crippen MR) is 79.6 cm³/mol. The van der Waals surface area contributed by atoms with Gasteiger partial charge in [-0.25, -0.2) is 9.97 Å². The Balaban J connectivity index is 2.01. The summed E-state index contributed by atoms with van der Waals surface area (Å²) in [5.74, 6) is 1.73. The van der Waals surface area contributed by atoms with E-state index >= 15 is 0 Å². The van der Waals surface area contributed by atoms with Gasteiger partial charge in [-0.05, 0) is 30.9 Å². The fraction of sp³-hybridized carbons (Fsp3) is 0.375. The Morgan fingerprint density at radius 3 is 2.75 bits per heavy atom. The highest BCUT2D eigenvalue weighted by atomic mass is 16.5. The van der Waals surface area contributed by atoms with Crippen LogP contribution in [0.3, 0.4) is 0 Å². The number of aromatic nitrogens is 2. The molecule has 1 saturated carbocycles. The third kappa shape index (κ3) is 2.59. The molecule has 1 aromatic carbocycles. The summed E-state index contributed by atoms with van der Waals surface area (Å²) in [5, 5.41) is 0. The normalized spacial score (nSPS) is 14.6. The number of rotatable bonds is 4. The van der Waals surface area contributed by atoms with E-state index in [1.807, 2.05) is 24.3 Å². The van der Waals surface area contributed by atoms with Gasteiger partial charge in [-0.15, -0.1) is 0 Å². The van der Waals surface area contributed by atoms with Gasteiger partial charge in [0, 0.05) is 11.1 Å². The molecule has 1 heterocycles. The number of hydrogen-bond acceptors (Lipinski definition) is 4.